The number of urea groups is 1. The Morgan fingerprint density at radius 3 is 2.57 bits per heavy atom. The van der Waals surface area contributed by atoms with E-state index >= 15 is 0 Å². The van der Waals surface area contributed by atoms with Crippen molar-refractivity contribution in [1.82, 2.24) is 5.32 Å². The number of barbiturate groups is 1. The van der Waals surface area contributed by atoms with E-state index in [4.69, 9.17) is 0 Å². The number of fused-ring (bicyclic) bond motifs is 2. The molecule has 6 nitrogen and oxygen atoms in total. The number of alkyl halides is 3. The molecule has 1 aromatic rings. The van der Waals surface area contributed by atoms with Gasteiger partial charge >= 0.3 is 12.2 Å². The molecule has 4 amide bonds. The lowest BCUT2D eigenvalue weighted by Gasteiger charge is -2.29. The van der Waals surface area contributed by atoms with E-state index in [0.29, 0.717) is 22.8 Å². The summed E-state index contributed by atoms with van der Waals surface area (Å²) in [7, 11) is 0. The van der Waals surface area contributed by atoms with Gasteiger partial charge in [0, 0.05) is 6.21 Å². The van der Waals surface area contributed by atoms with Crippen molar-refractivity contribution in [2.75, 3.05) is 4.90 Å². The van der Waals surface area contributed by atoms with Crippen molar-refractivity contribution in [3.8, 4) is 0 Å². The van der Waals surface area contributed by atoms with E-state index in [0.717, 1.165) is 31.4 Å². The van der Waals surface area contributed by atoms with E-state index in [2.05, 4.69) is 4.99 Å². The number of benzene rings is 1. The highest BCUT2D eigenvalue weighted by Crippen LogP contribution is 2.45. The molecule has 9 heteroatoms. The summed E-state index contributed by atoms with van der Waals surface area (Å²) in [4.78, 5) is 42.0. The molecule has 4 rings (SSSR count). The zero-order chi connectivity index (χ0) is 20.1. The highest BCUT2D eigenvalue weighted by atomic mass is 19.4. The predicted octanol–water partition coefficient (Wildman–Crippen LogP) is 3.16. The number of anilines is 1. The van der Waals surface area contributed by atoms with Gasteiger partial charge in [-0.25, -0.2) is 9.69 Å². The van der Waals surface area contributed by atoms with Gasteiger partial charge in [0.1, 0.15) is 0 Å². The van der Waals surface area contributed by atoms with Gasteiger partial charge in [0.05, 0.1) is 17.3 Å². The van der Waals surface area contributed by atoms with Crippen LogP contribution < -0.4 is 10.2 Å². The average molecular weight is 393 g/mol. The van der Waals surface area contributed by atoms with E-state index in [-0.39, 0.29) is 11.7 Å². The average Bonchev–Trinajstić information content (AvgIpc) is 3.24. The van der Waals surface area contributed by atoms with Crippen LogP contribution in [0.5, 0.6) is 0 Å². The summed E-state index contributed by atoms with van der Waals surface area (Å²) in [6.45, 7) is 0. The van der Waals surface area contributed by atoms with Crippen LogP contribution in [0, 0.1) is 17.8 Å². The standard InChI is InChI=1S/C19H18F3N3O3/c20-19(21,22)12-2-1-3-13(8-12)25-17(27)14(16(26)24-18(25)28)9-23-15-7-10-4-5-11(15)6-10/h1-3,8-11,14-15H,4-7H2,(H,24,26,28)/t10-,11-,14+,15+/m0/s1. The van der Waals surface area contributed by atoms with Gasteiger partial charge in [-0.15, -0.1) is 0 Å². The minimum atomic E-state index is -4.62. The first-order valence-electron chi connectivity index (χ1n) is 9.13. The molecule has 4 atom stereocenters. The van der Waals surface area contributed by atoms with E-state index < -0.39 is 35.5 Å². The number of hydrogen-bond acceptors (Lipinski definition) is 4. The Morgan fingerprint density at radius 1 is 1.14 bits per heavy atom. The Labute approximate surface area is 158 Å². The van der Waals surface area contributed by atoms with Crippen LogP contribution in [-0.4, -0.2) is 30.1 Å². The van der Waals surface area contributed by atoms with Crippen molar-refractivity contribution in [2.24, 2.45) is 22.7 Å². The lowest BCUT2D eigenvalue weighted by Crippen LogP contribution is -2.58. The first-order valence-corrected chi connectivity index (χ1v) is 9.13. The number of hydrogen-bond donors (Lipinski definition) is 1. The molecular weight excluding hydrogens is 375 g/mol. The van der Waals surface area contributed by atoms with Crippen molar-refractivity contribution in [3.63, 3.8) is 0 Å². The quantitative estimate of drug-likeness (QED) is 0.633. The smallest absolute Gasteiger partial charge is 0.293 e. The SMILES string of the molecule is O=C1NC(=O)N(c2cccc(C(F)(F)F)c2)C(=O)[C@@H]1C=N[C@@H]1C[C@H]2CC[C@H]1C2. The summed E-state index contributed by atoms with van der Waals surface area (Å²) in [5.74, 6) is -1.98. The van der Waals surface area contributed by atoms with Gasteiger partial charge in [-0.05, 0) is 49.3 Å². The molecule has 0 spiro atoms. The Kier molecular flexibility index (Phi) is 4.47. The summed E-state index contributed by atoms with van der Waals surface area (Å²) in [5.41, 5.74) is -1.24. The number of rotatable bonds is 3. The van der Waals surface area contributed by atoms with E-state index in [1.54, 1.807) is 0 Å². The van der Waals surface area contributed by atoms with Gasteiger partial charge in [0.25, 0.3) is 5.91 Å². The van der Waals surface area contributed by atoms with Crippen LogP contribution >= 0.6 is 0 Å². The van der Waals surface area contributed by atoms with Gasteiger partial charge in [0.15, 0.2) is 5.92 Å². The minimum absolute atomic E-state index is 0.0546. The molecule has 28 heavy (non-hydrogen) atoms. The molecule has 1 aromatic carbocycles. The lowest BCUT2D eigenvalue weighted by atomic mass is 9.95. The van der Waals surface area contributed by atoms with E-state index in [9.17, 15) is 27.6 Å². The molecule has 2 aliphatic carbocycles. The zero-order valence-corrected chi connectivity index (χ0v) is 14.8. The lowest BCUT2D eigenvalue weighted by molar-refractivity contribution is -0.138. The molecule has 1 N–H and O–H groups in total. The topological polar surface area (TPSA) is 78.8 Å². The fraction of sp³-hybridized carbons (Fsp3) is 0.474. The molecule has 0 aromatic heterocycles. The van der Waals surface area contributed by atoms with Crippen LogP contribution in [0.15, 0.2) is 29.3 Å². The maximum absolute atomic E-state index is 13.0. The Balaban J connectivity index is 1.58. The molecule has 0 radical (unpaired) electrons. The van der Waals surface area contributed by atoms with Crippen molar-refractivity contribution in [1.29, 1.82) is 0 Å². The third kappa shape index (κ3) is 3.29. The number of carbonyl (C=O) groups excluding carboxylic acids is 3. The van der Waals surface area contributed by atoms with Crippen LogP contribution in [0.2, 0.25) is 0 Å². The van der Waals surface area contributed by atoms with Gasteiger partial charge < -0.3 is 0 Å². The summed E-state index contributed by atoms with van der Waals surface area (Å²) >= 11 is 0. The number of carbonyl (C=O) groups is 3. The molecule has 3 aliphatic rings. The van der Waals surface area contributed by atoms with Crippen molar-refractivity contribution >= 4 is 29.7 Å². The number of nitrogens with zero attached hydrogens (tertiary/aromatic N) is 2. The number of imide groups is 2. The number of nitrogens with one attached hydrogen (secondary N) is 1. The normalized spacial score (nSPS) is 30.4. The zero-order valence-electron chi connectivity index (χ0n) is 14.8. The number of amides is 4. The van der Waals surface area contributed by atoms with Crippen LogP contribution in [0.4, 0.5) is 23.7 Å². The van der Waals surface area contributed by atoms with Crippen molar-refractivity contribution in [2.45, 2.75) is 37.9 Å². The van der Waals surface area contributed by atoms with E-state index in [1.807, 2.05) is 5.32 Å². The summed E-state index contributed by atoms with van der Waals surface area (Å²) < 4.78 is 38.9. The second-order valence-corrected chi connectivity index (χ2v) is 7.53. The van der Waals surface area contributed by atoms with Gasteiger partial charge in [-0.3, -0.25) is 19.9 Å². The molecule has 2 saturated carbocycles. The maximum Gasteiger partial charge on any atom is 0.416 e. The van der Waals surface area contributed by atoms with Crippen LogP contribution in [0.25, 0.3) is 0 Å². The molecule has 3 fully saturated rings. The fourth-order valence-corrected chi connectivity index (χ4v) is 4.38. The summed E-state index contributed by atoms with van der Waals surface area (Å²) in [6, 6.07) is 2.85. The van der Waals surface area contributed by atoms with Gasteiger partial charge in [-0.2, -0.15) is 13.2 Å². The summed E-state index contributed by atoms with van der Waals surface area (Å²) in [6.07, 6.45) is 0.894. The molecule has 1 aliphatic heterocycles. The molecule has 148 valence electrons. The summed E-state index contributed by atoms with van der Waals surface area (Å²) in [5, 5.41) is 2.03. The monoisotopic (exact) mass is 393 g/mol. The van der Waals surface area contributed by atoms with Crippen molar-refractivity contribution < 1.29 is 27.6 Å². The number of halogens is 3. The van der Waals surface area contributed by atoms with Crippen LogP contribution in [0.1, 0.15) is 31.2 Å². The maximum atomic E-state index is 13.0. The number of aliphatic imine (C=N–C) groups is 1. The highest BCUT2D eigenvalue weighted by molar-refractivity contribution is 6.32. The second-order valence-electron chi connectivity index (χ2n) is 7.53. The Hall–Kier alpha value is -2.71. The molecule has 1 saturated heterocycles. The first-order chi connectivity index (χ1) is 13.2. The third-order valence-corrected chi connectivity index (χ3v) is 5.76. The molecular formula is C19H18F3N3O3. The fourth-order valence-electron chi connectivity index (χ4n) is 4.38. The van der Waals surface area contributed by atoms with E-state index in [1.165, 1.54) is 18.7 Å². The first kappa shape index (κ1) is 18.6. The van der Waals surface area contributed by atoms with Crippen LogP contribution in [0.3, 0.4) is 0 Å². The molecule has 1 heterocycles. The largest absolute Gasteiger partial charge is 0.416 e. The molecule has 0 unspecified atom stereocenters. The Morgan fingerprint density at radius 2 is 1.93 bits per heavy atom. The van der Waals surface area contributed by atoms with Crippen LogP contribution in [-0.2, 0) is 15.8 Å². The predicted molar refractivity (Wildman–Crippen MR) is 93.7 cm³/mol. The molecule has 2 bridgehead atoms. The van der Waals surface area contributed by atoms with Gasteiger partial charge in [0.2, 0.25) is 5.91 Å². The van der Waals surface area contributed by atoms with Gasteiger partial charge in [-0.1, -0.05) is 12.5 Å². The minimum Gasteiger partial charge on any atom is -0.293 e. The second kappa shape index (κ2) is 6.72. The highest BCUT2D eigenvalue weighted by Gasteiger charge is 2.43. The van der Waals surface area contributed by atoms with Crippen molar-refractivity contribution in [3.05, 3.63) is 29.8 Å². The third-order valence-electron chi connectivity index (χ3n) is 5.76. The Bertz CT molecular complexity index is 867.